The van der Waals surface area contributed by atoms with Gasteiger partial charge in [-0.05, 0) is 18.2 Å². The Morgan fingerprint density at radius 1 is 1.29 bits per heavy atom. The van der Waals surface area contributed by atoms with Crippen molar-refractivity contribution in [1.29, 1.82) is 0 Å². The first kappa shape index (κ1) is 16.3. The van der Waals surface area contributed by atoms with Crippen LogP contribution >= 0.6 is 0 Å². The molecule has 0 radical (unpaired) electrons. The van der Waals surface area contributed by atoms with Crippen LogP contribution in [-0.2, 0) is 25.7 Å². The predicted molar refractivity (Wildman–Crippen MR) is 77.4 cm³/mol. The van der Waals surface area contributed by atoms with Crippen molar-refractivity contribution >= 4 is 0 Å². The fraction of sp³-hybridized carbons (Fsp3) is 0.333. The van der Waals surface area contributed by atoms with Gasteiger partial charge in [0.05, 0.1) is 11.3 Å². The Morgan fingerprint density at radius 2 is 2.04 bits per heavy atom. The summed E-state index contributed by atoms with van der Waals surface area (Å²) < 4.78 is 38.1. The van der Waals surface area contributed by atoms with Crippen molar-refractivity contribution < 1.29 is 23.4 Å². The van der Waals surface area contributed by atoms with E-state index in [1.807, 2.05) is 0 Å². The standard InChI is InChI=1S/C15H14F3N3O3/c16-15(17,18)14-19-11-3-4-21(7-10(11)13(24)20-14)6-8-5-9(22)1-2-12(8)23/h1-2,5,22-23H,3-4,6-7H2,(H,19,20,24). The molecule has 0 fully saturated rings. The van der Waals surface area contributed by atoms with Crippen LogP contribution in [0.25, 0.3) is 0 Å². The summed E-state index contributed by atoms with van der Waals surface area (Å²) in [5.41, 5.74) is -0.0109. The Hall–Kier alpha value is -2.55. The maximum atomic E-state index is 12.7. The van der Waals surface area contributed by atoms with E-state index in [1.165, 1.54) is 18.2 Å². The monoisotopic (exact) mass is 341 g/mol. The van der Waals surface area contributed by atoms with Crippen LogP contribution in [-0.4, -0.2) is 31.6 Å². The molecule has 3 rings (SSSR count). The zero-order chi connectivity index (χ0) is 17.5. The molecule has 24 heavy (non-hydrogen) atoms. The largest absolute Gasteiger partial charge is 0.508 e. The molecule has 128 valence electrons. The minimum Gasteiger partial charge on any atom is -0.508 e. The van der Waals surface area contributed by atoms with Crippen molar-refractivity contribution in [2.45, 2.75) is 25.7 Å². The highest BCUT2D eigenvalue weighted by Crippen LogP contribution is 2.28. The molecule has 6 nitrogen and oxygen atoms in total. The lowest BCUT2D eigenvalue weighted by Crippen LogP contribution is -2.36. The first-order valence-corrected chi connectivity index (χ1v) is 7.16. The number of nitrogens with one attached hydrogen (secondary N) is 1. The Morgan fingerprint density at radius 3 is 2.75 bits per heavy atom. The lowest BCUT2D eigenvalue weighted by atomic mass is 10.1. The Bertz CT molecular complexity index is 833. The number of aromatic nitrogens is 2. The Kier molecular flexibility index (Phi) is 3.96. The van der Waals surface area contributed by atoms with E-state index < -0.39 is 17.6 Å². The van der Waals surface area contributed by atoms with Gasteiger partial charge in [0.1, 0.15) is 11.5 Å². The zero-order valence-electron chi connectivity index (χ0n) is 12.4. The third-order valence-corrected chi connectivity index (χ3v) is 3.87. The maximum absolute atomic E-state index is 12.7. The van der Waals surface area contributed by atoms with Crippen LogP contribution < -0.4 is 5.56 Å². The summed E-state index contributed by atoms with van der Waals surface area (Å²) in [7, 11) is 0. The van der Waals surface area contributed by atoms with Gasteiger partial charge in [-0.2, -0.15) is 13.2 Å². The van der Waals surface area contributed by atoms with Gasteiger partial charge in [-0.25, -0.2) is 4.98 Å². The molecule has 3 N–H and O–H groups in total. The van der Waals surface area contributed by atoms with E-state index in [4.69, 9.17) is 0 Å². The van der Waals surface area contributed by atoms with Gasteiger partial charge in [-0.15, -0.1) is 0 Å². The summed E-state index contributed by atoms with van der Waals surface area (Å²) in [6.45, 7) is 0.751. The van der Waals surface area contributed by atoms with Crippen LogP contribution in [0.2, 0.25) is 0 Å². The molecule has 1 aromatic heterocycles. The summed E-state index contributed by atoms with van der Waals surface area (Å²) in [6, 6.07) is 4.10. The minimum atomic E-state index is -4.70. The molecule has 0 bridgehead atoms. The third-order valence-electron chi connectivity index (χ3n) is 3.87. The van der Waals surface area contributed by atoms with Gasteiger partial charge in [0, 0.05) is 31.6 Å². The van der Waals surface area contributed by atoms with Crippen molar-refractivity contribution in [3.05, 3.63) is 51.2 Å². The quantitative estimate of drug-likeness (QED) is 0.724. The van der Waals surface area contributed by atoms with Gasteiger partial charge in [-0.1, -0.05) is 0 Å². The van der Waals surface area contributed by atoms with E-state index in [9.17, 15) is 28.2 Å². The zero-order valence-corrected chi connectivity index (χ0v) is 12.4. The third kappa shape index (κ3) is 3.21. The van der Waals surface area contributed by atoms with Gasteiger partial charge in [0.15, 0.2) is 0 Å². The fourth-order valence-corrected chi connectivity index (χ4v) is 2.69. The first-order valence-electron chi connectivity index (χ1n) is 7.16. The van der Waals surface area contributed by atoms with Gasteiger partial charge < -0.3 is 15.2 Å². The van der Waals surface area contributed by atoms with Gasteiger partial charge >= 0.3 is 6.18 Å². The molecule has 2 aromatic rings. The molecule has 0 saturated carbocycles. The van der Waals surface area contributed by atoms with Crippen molar-refractivity contribution in [2.75, 3.05) is 6.54 Å². The highest BCUT2D eigenvalue weighted by Gasteiger charge is 2.35. The fourth-order valence-electron chi connectivity index (χ4n) is 2.69. The average molecular weight is 341 g/mol. The molecular formula is C15H14F3N3O3. The Balaban J connectivity index is 1.85. The summed E-state index contributed by atoms with van der Waals surface area (Å²) in [5, 5.41) is 19.3. The number of aromatic hydroxyl groups is 2. The summed E-state index contributed by atoms with van der Waals surface area (Å²) >= 11 is 0. The SMILES string of the molecule is O=c1[nH]c(C(F)(F)F)nc2c1CN(Cc1cc(O)ccc1O)CC2. The van der Waals surface area contributed by atoms with Gasteiger partial charge in [0.2, 0.25) is 5.82 Å². The molecule has 0 unspecified atom stereocenters. The van der Waals surface area contributed by atoms with Crippen molar-refractivity contribution in [3.8, 4) is 11.5 Å². The lowest BCUT2D eigenvalue weighted by Gasteiger charge is -2.28. The lowest BCUT2D eigenvalue weighted by molar-refractivity contribution is -0.145. The summed E-state index contributed by atoms with van der Waals surface area (Å²) in [5.74, 6) is -1.29. The van der Waals surface area contributed by atoms with Crippen LogP contribution in [0.15, 0.2) is 23.0 Å². The number of H-pyrrole nitrogens is 1. The number of hydrogen-bond acceptors (Lipinski definition) is 5. The number of hydrogen-bond donors (Lipinski definition) is 3. The minimum absolute atomic E-state index is 0.00180. The number of halogens is 3. The maximum Gasteiger partial charge on any atom is 0.449 e. The van der Waals surface area contributed by atoms with Crippen LogP contribution in [0.3, 0.4) is 0 Å². The second-order valence-corrected chi connectivity index (χ2v) is 5.61. The van der Waals surface area contributed by atoms with Crippen LogP contribution in [0.4, 0.5) is 13.2 Å². The second-order valence-electron chi connectivity index (χ2n) is 5.61. The number of phenols is 2. The molecule has 1 aliphatic rings. The van der Waals surface area contributed by atoms with Gasteiger partial charge in [-0.3, -0.25) is 9.69 Å². The van der Waals surface area contributed by atoms with E-state index in [1.54, 1.807) is 9.88 Å². The number of benzene rings is 1. The molecule has 1 aliphatic heterocycles. The Labute approximate surface area is 134 Å². The molecule has 0 aliphatic carbocycles. The normalized spacial score (nSPS) is 15.3. The molecule has 0 atom stereocenters. The van der Waals surface area contributed by atoms with Crippen molar-refractivity contribution in [2.24, 2.45) is 0 Å². The average Bonchev–Trinajstić information content (AvgIpc) is 2.50. The van der Waals surface area contributed by atoms with E-state index >= 15 is 0 Å². The summed E-state index contributed by atoms with van der Waals surface area (Å²) in [4.78, 5) is 19.0. The number of nitrogens with zero attached hydrogens (tertiary/aromatic N) is 2. The second kappa shape index (κ2) is 5.82. The molecule has 1 aromatic carbocycles. The van der Waals surface area contributed by atoms with Crippen LogP contribution in [0.1, 0.15) is 22.6 Å². The number of rotatable bonds is 2. The highest BCUT2D eigenvalue weighted by atomic mass is 19.4. The van der Waals surface area contributed by atoms with E-state index in [0.29, 0.717) is 12.1 Å². The smallest absolute Gasteiger partial charge is 0.449 e. The molecule has 0 amide bonds. The van der Waals surface area contributed by atoms with Crippen molar-refractivity contribution in [1.82, 2.24) is 14.9 Å². The molecule has 0 spiro atoms. The summed E-state index contributed by atoms with van der Waals surface area (Å²) in [6.07, 6.45) is -4.50. The molecule has 2 heterocycles. The van der Waals surface area contributed by atoms with E-state index in [0.717, 1.165) is 0 Å². The van der Waals surface area contributed by atoms with E-state index in [-0.39, 0.29) is 42.3 Å². The van der Waals surface area contributed by atoms with E-state index in [2.05, 4.69) is 4.98 Å². The number of fused-ring (bicyclic) bond motifs is 1. The number of alkyl halides is 3. The number of aromatic amines is 1. The molecule has 0 saturated heterocycles. The number of phenolic OH excluding ortho intramolecular Hbond substituents is 2. The molecule has 9 heteroatoms. The first-order chi connectivity index (χ1) is 11.2. The topological polar surface area (TPSA) is 89.5 Å². The van der Waals surface area contributed by atoms with Crippen molar-refractivity contribution in [3.63, 3.8) is 0 Å². The molecular weight excluding hydrogens is 327 g/mol. The highest BCUT2D eigenvalue weighted by molar-refractivity contribution is 5.38. The predicted octanol–water partition coefficient (Wildman–Crippen LogP) is 1.76. The van der Waals surface area contributed by atoms with Crippen LogP contribution in [0.5, 0.6) is 11.5 Å². The van der Waals surface area contributed by atoms with Gasteiger partial charge in [0.25, 0.3) is 5.56 Å². The van der Waals surface area contributed by atoms with Crippen LogP contribution in [0, 0.1) is 0 Å².